The van der Waals surface area contributed by atoms with E-state index >= 15 is 0 Å². The molecule has 0 amide bonds. The van der Waals surface area contributed by atoms with Gasteiger partial charge in [0.05, 0.1) is 0 Å². The van der Waals surface area contributed by atoms with Gasteiger partial charge in [0.25, 0.3) is 0 Å². The molecule has 0 saturated heterocycles. The molecule has 0 fully saturated rings. The zero-order chi connectivity index (χ0) is 9.73. The number of hydrogen-bond acceptors (Lipinski definition) is 2. The van der Waals surface area contributed by atoms with Gasteiger partial charge in [0.2, 0.25) is 0 Å². The Morgan fingerprint density at radius 3 is 2.77 bits per heavy atom. The van der Waals surface area contributed by atoms with Crippen molar-refractivity contribution in [1.82, 2.24) is 4.98 Å². The summed E-state index contributed by atoms with van der Waals surface area (Å²) in [6.07, 6.45) is 4.82. The normalized spacial score (nSPS) is 15.3. The average molecular weight is 178 g/mol. The highest BCUT2D eigenvalue weighted by atomic mass is 14.7. The van der Waals surface area contributed by atoms with Gasteiger partial charge < -0.3 is 5.73 Å². The molecule has 0 aliphatic rings. The lowest BCUT2D eigenvalue weighted by atomic mass is 9.93. The van der Waals surface area contributed by atoms with Crippen molar-refractivity contribution in [1.29, 1.82) is 0 Å². The molecule has 0 aliphatic heterocycles. The molecule has 1 aromatic rings. The minimum absolute atomic E-state index is 0.0441. The summed E-state index contributed by atoms with van der Waals surface area (Å²) < 4.78 is 0. The van der Waals surface area contributed by atoms with Crippen LogP contribution in [0.5, 0.6) is 0 Å². The Labute approximate surface area is 80.2 Å². The van der Waals surface area contributed by atoms with Crippen molar-refractivity contribution in [2.75, 3.05) is 0 Å². The number of nitrogens with two attached hydrogens (primary N) is 1. The monoisotopic (exact) mass is 178 g/mol. The SMILES string of the molecule is CCC(C)(N)CCc1ccccn1. The molecular weight excluding hydrogens is 160 g/mol. The van der Waals surface area contributed by atoms with E-state index in [9.17, 15) is 0 Å². The third-order valence-corrected chi connectivity index (χ3v) is 2.49. The Balaban J connectivity index is 2.44. The van der Waals surface area contributed by atoms with Crippen LogP contribution < -0.4 is 5.73 Å². The number of hydrogen-bond donors (Lipinski definition) is 1. The molecular formula is C11H18N2. The first-order valence-electron chi connectivity index (χ1n) is 4.83. The number of nitrogens with zero attached hydrogens (tertiary/aromatic N) is 1. The standard InChI is InChI=1S/C11H18N2/c1-3-11(2,12)8-7-10-6-4-5-9-13-10/h4-6,9H,3,7-8,12H2,1-2H3. The summed E-state index contributed by atoms with van der Waals surface area (Å²) in [7, 11) is 0. The third kappa shape index (κ3) is 3.55. The molecule has 1 rings (SSSR count). The molecule has 2 N–H and O–H groups in total. The summed E-state index contributed by atoms with van der Waals surface area (Å²) in [5.41, 5.74) is 7.12. The molecule has 0 saturated carbocycles. The van der Waals surface area contributed by atoms with E-state index in [4.69, 9.17) is 5.73 Å². The molecule has 0 aromatic carbocycles. The molecule has 1 atom stereocenters. The summed E-state index contributed by atoms with van der Waals surface area (Å²) in [4.78, 5) is 4.26. The zero-order valence-electron chi connectivity index (χ0n) is 8.46. The van der Waals surface area contributed by atoms with Gasteiger partial charge in [0.1, 0.15) is 0 Å². The second kappa shape index (κ2) is 4.38. The first-order valence-corrected chi connectivity index (χ1v) is 4.83. The van der Waals surface area contributed by atoms with Crippen molar-refractivity contribution < 1.29 is 0 Å². The maximum atomic E-state index is 6.04. The molecule has 13 heavy (non-hydrogen) atoms. The van der Waals surface area contributed by atoms with Crippen molar-refractivity contribution in [3.8, 4) is 0 Å². The van der Waals surface area contributed by atoms with E-state index in [2.05, 4.69) is 18.8 Å². The van der Waals surface area contributed by atoms with E-state index in [1.165, 1.54) is 0 Å². The van der Waals surface area contributed by atoms with Crippen molar-refractivity contribution in [3.05, 3.63) is 30.1 Å². The van der Waals surface area contributed by atoms with Crippen molar-refractivity contribution >= 4 is 0 Å². The van der Waals surface area contributed by atoms with Crippen LogP contribution in [-0.4, -0.2) is 10.5 Å². The van der Waals surface area contributed by atoms with Gasteiger partial charge in [-0.3, -0.25) is 4.98 Å². The Kier molecular flexibility index (Phi) is 3.43. The van der Waals surface area contributed by atoms with E-state index < -0.39 is 0 Å². The topological polar surface area (TPSA) is 38.9 Å². The minimum atomic E-state index is -0.0441. The second-order valence-corrected chi connectivity index (χ2v) is 3.83. The highest BCUT2D eigenvalue weighted by molar-refractivity contribution is 5.04. The van der Waals surface area contributed by atoms with Crippen LogP contribution in [0.1, 0.15) is 32.4 Å². The quantitative estimate of drug-likeness (QED) is 0.767. The van der Waals surface area contributed by atoms with E-state index in [-0.39, 0.29) is 5.54 Å². The van der Waals surface area contributed by atoms with E-state index in [0.717, 1.165) is 25.0 Å². The fourth-order valence-electron chi connectivity index (χ4n) is 1.14. The molecule has 0 bridgehead atoms. The molecule has 1 unspecified atom stereocenters. The van der Waals surface area contributed by atoms with Crippen LogP contribution in [0.3, 0.4) is 0 Å². The Morgan fingerprint density at radius 1 is 1.46 bits per heavy atom. The number of aryl methyl sites for hydroxylation is 1. The molecule has 0 radical (unpaired) electrons. The molecule has 2 nitrogen and oxygen atoms in total. The summed E-state index contributed by atoms with van der Waals surface area (Å²) in [5, 5.41) is 0. The highest BCUT2D eigenvalue weighted by Crippen LogP contribution is 2.13. The van der Waals surface area contributed by atoms with Crippen molar-refractivity contribution in [2.24, 2.45) is 5.73 Å². The first kappa shape index (κ1) is 10.2. The molecule has 1 heterocycles. The summed E-state index contributed by atoms with van der Waals surface area (Å²) in [6.45, 7) is 4.22. The first-order chi connectivity index (χ1) is 6.14. The van der Waals surface area contributed by atoms with Crippen LogP contribution in [0.4, 0.5) is 0 Å². The van der Waals surface area contributed by atoms with Crippen LogP contribution in [0, 0.1) is 0 Å². The largest absolute Gasteiger partial charge is 0.325 e. The van der Waals surface area contributed by atoms with Gasteiger partial charge in [-0.25, -0.2) is 0 Å². The van der Waals surface area contributed by atoms with Crippen LogP contribution >= 0.6 is 0 Å². The zero-order valence-corrected chi connectivity index (χ0v) is 8.46. The van der Waals surface area contributed by atoms with E-state index in [0.29, 0.717) is 0 Å². The fraction of sp³-hybridized carbons (Fsp3) is 0.545. The summed E-state index contributed by atoms with van der Waals surface area (Å²) >= 11 is 0. The van der Waals surface area contributed by atoms with Crippen LogP contribution in [-0.2, 0) is 6.42 Å². The Bertz CT molecular complexity index is 242. The predicted molar refractivity (Wildman–Crippen MR) is 55.4 cm³/mol. The summed E-state index contributed by atoms with van der Waals surface area (Å²) in [6, 6.07) is 6.00. The van der Waals surface area contributed by atoms with Crippen molar-refractivity contribution in [3.63, 3.8) is 0 Å². The maximum Gasteiger partial charge on any atom is 0.0404 e. The van der Waals surface area contributed by atoms with Gasteiger partial charge >= 0.3 is 0 Å². The average Bonchev–Trinajstić information content (AvgIpc) is 2.17. The van der Waals surface area contributed by atoms with Gasteiger partial charge in [-0.2, -0.15) is 0 Å². The molecule has 1 aromatic heterocycles. The van der Waals surface area contributed by atoms with Crippen LogP contribution in [0.25, 0.3) is 0 Å². The highest BCUT2D eigenvalue weighted by Gasteiger charge is 2.14. The molecule has 72 valence electrons. The molecule has 0 aliphatic carbocycles. The van der Waals surface area contributed by atoms with Gasteiger partial charge in [0, 0.05) is 17.4 Å². The molecule has 2 heteroatoms. The Morgan fingerprint density at radius 2 is 2.23 bits per heavy atom. The number of rotatable bonds is 4. The second-order valence-electron chi connectivity index (χ2n) is 3.83. The lowest BCUT2D eigenvalue weighted by Crippen LogP contribution is -2.35. The maximum absolute atomic E-state index is 6.04. The third-order valence-electron chi connectivity index (χ3n) is 2.49. The predicted octanol–water partition coefficient (Wildman–Crippen LogP) is 2.14. The van der Waals surface area contributed by atoms with Gasteiger partial charge in [0.15, 0.2) is 0 Å². The van der Waals surface area contributed by atoms with Gasteiger partial charge in [-0.15, -0.1) is 0 Å². The van der Waals surface area contributed by atoms with Crippen LogP contribution in [0.15, 0.2) is 24.4 Å². The smallest absolute Gasteiger partial charge is 0.0404 e. The summed E-state index contributed by atoms with van der Waals surface area (Å²) in [5.74, 6) is 0. The van der Waals surface area contributed by atoms with Gasteiger partial charge in [-0.1, -0.05) is 13.0 Å². The van der Waals surface area contributed by atoms with E-state index in [1.807, 2.05) is 24.4 Å². The minimum Gasteiger partial charge on any atom is -0.325 e. The van der Waals surface area contributed by atoms with Crippen LogP contribution in [0.2, 0.25) is 0 Å². The number of aromatic nitrogens is 1. The fourth-order valence-corrected chi connectivity index (χ4v) is 1.14. The lowest BCUT2D eigenvalue weighted by molar-refractivity contribution is 0.417. The number of pyridine rings is 1. The van der Waals surface area contributed by atoms with Gasteiger partial charge in [-0.05, 0) is 38.3 Å². The lowest BCUT2D eigenvalue weighted by Gasteiger charge is -2.21. The van der Waals surface area contributed by atoms with Crippen molar-refractivity contribution in [2.45, 2.75) is 38.6 Å². The van der Waals surface area contributed by atoms with E-state index in [1.54, 1.807) is 0 Å². The Hall–Kier alpha value is -0.890. The molecule has 0 spiro atoms.